The molecule has 0 radical (unpaired) electrons. The molecule has 0 unspecified atom stereocenters. The smallest absolute Gasteiger partial charge is 0.213 e. The highest BCUT2D eigenvalue weighted by atomic mass is 15.1. The Morgan fingerprint density at radius 3 is 1.87 bits per heavy atom. The Balaban J connectivity index is 1.50. The van der Waals surface area contributed by atoms with Crippen LogP contribution in [0.5, 0.6) is 0 Å². The summed E-state index contributed by atoms with van der Waals surface area (Å²) in [5.74, 6) is 0. The van der Waals surface area contributed by atoms with Gasteiger partial charge in [-0.25, -0.2) is 0 Å². The SMILES string of the molecule is CCC1(CC)Cc2ccc(N(c3cccc4ccccc34)c3cccc4ccccc34)cc2-c2cccc[n+]21. The highest BCUT2D eigenvalue weighted by Crippen LogP contribution is 2.44. The van der Waals surface area contributed by atoms with Crippen molar-refractivity contribution in [3.8, 4) is 11.3 Å². The lowest BCUT2D eigenvalue weighted by Gasteiger charge is -2.34. The minimum absolute atomic E-state index is 0.121. The van der Waals surface area contributed by atoms with Gasteiger partial charge in [0, 0.05) is 47.9 Å². The fourth-order valence-electron chi connectivity index (χ4n) is 6.67. The Morgan fingerprint density at radius 2 is 1.23 bits per heavy atom. The quantitative estimate of drug-likeness (QED) is 0.212. The summed E-state index contributed by atoms with van der Waals surface area (Å²) in [6.45, 7) is 4.66. The van der Waals surface area contributed by atoms with Crippen LogP contribution in [0.4, 0.5) is 17.1 Å². The molecule has 0 N–H and O–H groups in total. The summed E-state index contributed by atoms with van der Waals surface area (Å²) in [5, 5.41) is 4.98. The summed E-state index contributed by atoms with van der Waals surface area (Å²) in [6, 6.07) is 44.5. The van der Waals surface area contributed by atoms with Crippen LogP contribution in [0.3, 0.4) is 0 Å². The van der Waals surface area contributed by atoms with E-state index >= 15 is 0 Å². The van der Waals surface area contributed by atoms with Gasteiger partial charge in [0.05, 0.1) is 16.9 Å². The molecule has 0 bridgehead atoms. The third-order valence-electron chi connectivity index (χ3n) is 8.85. The maximum atomic E-state index is 2.54. The lowest BCUT2D eigenvalue weighted by Crippen LogP contribution is -2.60. The van der Waals surface area contributed by atoms with E-state index < -0.39 is 0 Å². The van der Waals surface area contributed by atoms with E-state index in [0.717, 1.165) is 19.3 Å². The molecule has 6 aromatic rings. The molecule has 0 atom stereocenters. The number of nitrogens with zero attached hydrogens (tertiary/aromatic N) is 2. The zero-order chi connectivity index (χ0) is 26.4. The minimum Gasteiger partial charge on any atom is -0.309 e. The number of hydrogen-bond acceptors (Lipinski definition) is 1. The van der Waals surface area contributed by atoms with E-state index in [0.29, 0.717) is 0 Å². The molecule has 1 aliphatic rings. The third-order valence-corrected chi connectivity index (χ3v) is 8.85. The molecule has 0 amide bonds. The predicted molar refractivity (Wildman–Crippen MR) is 164 cm³/mol. The second-order valence-corrected chi connectivity index (χ2v) is 10.7. The van der Waals surface area contributed by atoms with Gasteiger partial charge in [-0.1, -0.05) is 92.7 Å². The molecule has 0 spiro atoms. The van der Waals surface area contributed by atoms with Gasteiger partial charge in [0.15, 0.2) is 11.7 Å². The fourth-order valence-corrected chi connectivity index (χ4v) is 6.67. The van der Waals surface area contributed by atoms with Crippen LogP contribution in [0, 0.1) is 0 Å². The van der Waals surface area contributed by atoms with Crippen LogP contribution in [-0.2, 0) is 12.0 Å². The molecule has 0 saturated heterocycles. The average Bonchev–Trinajstić information content (AvgIpc) is 3.01. The van der Waals surface area contributed by atoms with Crippen LogP contribution in [-0.4, -0.2) is 0 Å². The Morgan fingerprint density at radius 1 is 0.641 bits per heavy atom. The highest BCUT2D eigenvalue weighted by Gasteiger charge is 2.43. The minimum atomic E-state index is 0.121. The van der Waals surface area contributed by atoms with Gasteiger partial charge in [0.25, 0.3) is 0 Å². The lowest BCUT2D eigenvalue weighted by atomic mass is 9.79. The van der Waals surface area contributed by atoms with Crippen LogP contribution < -0.4 is 9.47 Å². The van der Waals surface area contributed by atoms with E-state index in [-0.39, 0.29) is 5.54 Å². The van der Waals surface area contributed by atoms with E-state index in [4.69, 9.17) is 0 Å². The molecule has 190 valence electrons. The molecule has 0 aliphatic carbocycles. The molecule has 0 saturated carbocycles. The molecule has 7 rings (SSSR count). The van der Waals surface area contributed by atoms with E-state index in [2.05, 4.69) is 151 Å². The van der Waals surface area contributed by atoms with E-state index in [1.165, 1.54) is 55.4 Å². The molecule has 2 heteroatoms. The molecular formula is C37H33N2+. The van der Waals surface area contributed by atoms with Crippen LogP contribution in [0.25, 0.3) is 32.8 Å². The van der Waals surface area contributed by atoms with Gasteiger partial charge in [-0.2, -0.15) is 4.57 Å². The van der Waals surface area contributed by atoms with Gasteiger partial charge >= 0.3 is 0 Å². The van der Waals surface area contributed by atoms with E-state index in [1.807, 2.05) is 0 Å². The van der Waals surface area contributed by atoms with Crippen molar-refractivity contribution in [1.82, 2.24) is 0 Å². The highest BCUT2D eigenvalue weighted by molar-refractivity contribution is 6.04. The first-order chi connectivity index (χ1) is 19.2. The van der Waals surface area contributed by atoms with Crippen LogP contribution in [0.1, 0.15) is 32.3 Å². The lowest BCUT2D eigenvalue weighted by molar-refractivity contribution is -0.758. The van der Waals surface area contributed by atoms with Crippen LogP contribution in [0.2, 0.25) is 0 Å². The Kier molecular flexibility index (Phi) is 5.70. The summed E-state index contributed by atoms with van der Waals surface area (Å²) in [6.07, 6.45) is 5.57. The van der Waals surface area contributed by atoms with Gasteiger partial charge in [0.1, 0.15) is 0 Å². The monoisotopic (exact) mass is 505 g/mol. The zero-order valence-corrected chi connectivity index (χ0v) is 22.6. The largest absolute Gasteiger partial charge is 0.309 e. The van der Waals surface area contributed by atoms with Crippen molar-refractivity contribution in [2.24, 2.45) is 0 Å². The number of anilines is 3. The summed E-state index contributed by atoms with van der Waals surface area (Å²) >= 11 is 0. The van der Waals surface area contributed by atoms with Gasteiger partial charge in [-0.3, -0.25) is 0 Å². The maximum absolute atomic E-state index is 2.54. The topological polar surface area (TPSA) is 7.12 Å². The molecule has 5 aromatic carbocycles. The summed E-state index contributed by atoms with van der Waals surface area (Å²) in [7, 11) is 0. The molecule has 2 heterocycles. The first-order valence-corrected chi connectivity index (χ1v) is 14.1. The fraction of sp³-hybridized carbons (Fsp3) is 0.162. The molecule has 39 heavy (non-hydrogen) atoms. The summed E-state index contributed by atoms with van der Waals surface area (Å²) in [5.41, 5.74) is 7.75. The van der Waals surface area contributed by atoms with Gasteiger partial charge in [0.2, 0.25) is 5.69 Å². The van der Waals surface area contributed by atoms with Crippen molar-refractivity contribution in [1.29, 1.82) is 0 Å². The number of pyridine rings is 1. The first-order valence-electron chi connectivity index (χ1n) is 14.1. The first kappa shape index (κ1) is 23.7. The van der Waals surface area contributed by atoms with E-state index in [9.17, 15) is 0 Å². The number of hydrogen-bond donors (Lipinski definition) is 0. The zero-order valence-electron chi connectivity index (χ0n) is 22.6. The molecular weight excluding hydrogens is 472 g/mol. The normalized spacial score (nSPS) is 13.7. The number of fused-ring (bicyclic) bond motifs is 5. The second kappa shape index (κ2) is 9.39. The predicted octanol–water partition coefficient (Wildman–Crippen LogP) is 9.49. The van der Waals surface area contributed by atoms with Crippen molar-refractivity contribution in [3.05, 3.63) is 133 Å². The summed E-state index contributed by atoms with van der Waals surface area (Å²) < 4.78 is 2.54. The van der Waals surface area contributed by atoms with E-state index in [1.54, 1.807) is 0 Å². The van der Waals surface area contributed by atoms with Crippen LogP contribution in [0.15, 0.2) is 128 Å². The number of aromatic nitrogens is 1. The Labute approximate surface area is 230 Å². The Bertz CT molecular complexity index is 1740. The van der Waals surface area contributed by atoms with Gasteiger partial charge in [-0.15, -0.1) is 0 Å². The molecule has 1 aliphatic heterocycles. The molecule has 0 fully saturated rings. The average molecular weight is 506 g/mol. The second-order valence-electron chi connectivity index (χ2n) is 10.7. The molecule has 2 nitrogen and oxygen atoms in total. The van der Waals surface area contributed by atoms with Crippen molar-refractivity contribution in [2.45, 2.75) is 38.6 Å². The van der Waals surface area contributed by atoms with Crippen molar-refractivity contribution in [3.63, 3.8) is 0 Å². The summed E-state index contributed by atoms with van der Waals surface area (Å²) in [4.78, 5) is 2.46. The van der Waals surface area contributed by atoms with Gasteiger partial charge < -0.3 is 4.90 Å². The number of rotatable bonds is 5. The maximum Gasteiger partial charge on any atom is 0.213 e. The number of benzene rings is 5. The van der Waals surface area contributed by atoms with Gasteiger partial charge in [-0.05, 0) is 46.7 Å². The van der Waals surface area contributed by atoms with Crippen LogP contribution >= 0.6 is 0 Å². The Hall–Kier alpha value is -4.43. The van der Waals surface area contributed by atoms with Crippen molar-refractivity contribution >= 4 is 38.6 Å². The van der Waals surface area contributed by atoms with Crippen molar-refractivity contribution in [2.75, 3.05) is 4.90 Å². The molecule has 1 aromatic heterocycles. The van der Waals surface area contributed by atoms with Crippen molar-refractivity contribution < 1.29 is 4.57 Å². The standard InChI is InChI=1S/C37H33N2/c1-3-37(4-2)26-29-22-23-30(25-33(29)34-19-9-10-24-38(34)37)39(35-20-11-15-27-13-5-7-17-31(27)35)36-21-12-16-28-14-6-8-18-32(28)36/h5-25H,3-4,26H2,1-2H3/q+1. The third kappa shape index (κ3) is 3.74.